The van der Waals surface area contributed by atoms with Gasteiger partial charge in [0.2, 0.25) is 12.7 Å². The highest BCUT2D eigenvalue weighted by atomic mass is 16.7. The van der Waals surface area contributed by atoms with E-state index in [1.54, 1.807) is 18.2 Å². The second kappa shape index (κ2) is 5.54. The number of benzene rings is 1. The molecule has 0 aromatic heterocycles. The van der Waals surface area contributed by atoms with Crippen molar-refractivity contribution in [2.45, 2.75) is 13.3 Å². The molecule has 1 aromatic rings. The first-order chi connectivity index (χ1) is 8.29. The first kappa shape index (κ1) is 11.7. The highest BCUT2D eigenvalue weighted by molar-refractivity contribution is 5.91. The van der Waals surface area contributed by atoms with Crippen LogP contribution in [0, 0.1) is 0 Å². The maximum Gasteiger partial charge on any atom is 0.231 e. The molecule has 92 valence electrons. The Morgan fingerprint density at radius 2 is 2.24 bits per heavy atom. The number of fused-ring (bicyclic) bond motifs is 1. The molecule has 17 heavy (non-hydrogen) atoms. The van der Waals surface area contributed by atoms with Gasteiger partial charge in [0.25, 0.3) is 0 Å². The first-order valence-electron chi connectivity index (χ1n) is 5.57. The predicted molar refractivity (Wildman–Crippen MR) is 62.3 cm³/mol. The average Bonchev–Trinajstić information content (AvgIpc) is 2.76. The van der Waals surface area contributed by atoms with Gasteiger partial charge in [-0.3, -0.25) is 4.79 Å². The second-order valence-electron chi connectivity index (χ2n) is 3.56. The van der Waals surface area contributed by atoms with Crippen molar-refractivity contribution in [3.63, 3.8) is 0 Å². The Morgan fingerprint density at radius 1 is 1.41 bits per heavy atom. The van der Waals surface area contributed by atoms with Gasteiger partial charge in [-0.05, 0) is 19.1 Å². The molecule has 1 aliphatic rings. The zero-order valence-corrected chi connectivity index (χ0v) is 9.69. The molecular weight excluding hydrogens is 222 g/mol. The van der Waals surface area contributed by atoms with E-state index < -0.39 is 0 Å². The van der Waals surface area contributed by atoms with Gasteiger partial charge >= 0.3 is 0 Å². The zero-order valence-electron chi connectivity index (χ0n) is 9.69. The number of carbonyl (C=O) groups excluding carboxylic acids is 1. The summed E-state index contributed by atoms with van der Waals surface area (Å²) in [5, 5.41) is 2.78. The van der Waals surface area contributed by atoms with E-state index in [4.69, 9.17) is 14.2 Å². The highest BCUT2D eigenvalue weighted by Crippen LogP contribution is 2.34. The third kappa shape index (κ3) is 3.10. The maximum atomic E-state index is 11.5. The molecular formula is C12H15NO4. The van der Waals surface area contributed by atoms with E-state index in [2.05, 4.69) is 5.32 Å². The number of carbonyl (C=O) groups is 1. The van der Waals surface area contributed by atoms with Crippen molar-refractivity contribution in [2.24, 2.45) is 0 Å². The Balaban J connectivity index is 1.88. The summed E-state index contributed by atoms with van der Waals surface area (Å²) in [6.07, 6.45) is 0.349. The van der Waals surface area contributed by atoms with E-state index >= 15 is 0 Å². The molecule has 0 radical (unpaired) electrons. The highest BCUT2D eigenvalue weighted by Gasteiger charge is 2.13. The molecule has 0 bridgehead atoms. The van der Waals surface area contributed by atoms with Gasteiger partial charge in [0, 0.05) is 18.4 Å². The van der Waals surface area contributed by atoms with Crippen LogP contribution in [-0.2, 0) is 9.53 Å². The number of anilines is 1. The summed E-state index contributed by atoms with van der Waals surface area (Å²) in [6, 6.07) is 5.31. The van der Waals surface area contributed by atoms with Crippen LogP contribution in [0.1, 0.15) is 13.3 Å². The molecule has 1 N–H and O–H groups in total. The molecule has 0 saturated carbocycles. The summed E-state index contributed by atoms with van der Waals surface area (Å²) in [5.74, 6) is 1.29. The molecule has 1 heterocycles. The zero-order chi connectivity index (χ0) is 12.1. The smallest absolute Gasteiger partial charge is 0.231 e. The summed E-state index contributed by atoms with van der Waals surface area (Å²) in [6.45, 7) is 3.19. The fraction of sp³-hybridized carbons (Fsp3) is 0.417. The quantitative estimate of drug-likeness (QED) is 0.793. The number of ether oxygens (including phenoxy) is 3. The minimum absolute atomic E-state index is 0.0719. The lowest BCUT2D eigenvalue weighted by Gasteiger charge is -2.06. The van der Waals surface area contributed by atoms with Crippen LogP contribution < -0.4 is 14.8 Å². The van der Waals surface area contributed by atoms with Crippen LogP contribution in [-0.4, -0.2) is 25.9 Å². The molecule has 0 unspecified atom stereocenters. The molecule has 0 saturated heterocycles. The molecule has 0 spiro atoms. The Morgan fingerprint density at radius 3 is 3.06 bits per heavy atom. The van der Waals surface area contributed by atoms with Crippen LogP contribution in [0.5, 0.6) is 11.5 Å². The van der Waals surface area contributed by atoms with Crippen molar-refractivity contribution < 1.29 is 19.0 Å². The lowest BCUT2D eigenvalue weighted by molar-refractivity contribution is -0.117. The van der Waals surface area contributed by atoms with Crippen molar-refractivity contribution in [3.05, 3.63) is 18.2 Å². The third-order valence-electron chi connectivity index (χ3n) is 2.33. The fourth-order valence-corrected chi connectivity index (χ4v) is 1.51. The maximum absolute atomic E-state index is 11.5. The van der Waals surface area contributed by atoms with E-state index in [1.165, 1.54) is 0 Å². The van der Waals surface area contributed by atoms with Crippen LogP contribution in [0.15, 0.2) is 18.2 Å². The summed E-state index contributed by atoms with van der Waals surface area (Å²) in [4.78, 5) is 11.5. The number of hydrogen-bond acceptors (Lipinski definition) is 4. The summed E-state index contributed by atoms with van der Waals surface area (Å²) in [7, 11) is 0. The largest absolute Gasteiger partial charge is 0.454 e. The van der Waals surface area contributed by atoms with E-state index in [0.717, 1.165) is 0 Å². The topological polar surface area (TPSA) is 56.8 Å². The lowest BCUT2D eigenvalue weighted by Crippen LogP contribution is -2.14. The van der Waals surface area contributed by atoms with Crippen molar-refractivity contribution >= 4 is 11.6 Å². The van der Waals surface area contributed by atoms with Crippen molar-refractivity contribution in [3.8, 4) is 11.5 Å². The molecule has 2 rings (SSSR count). The molecule has 1 amide bonds. The van der Waals surface area contributed by atoms with E-state index in [0.29, 0.717) is 36.8 Å². The Hall–Kier alpha value is -1.75. The number of nitrogens with one attached hydrogen (secondary N) is 1. The lowest BCUT2D eigenvalue weighted by atomic mass is 10.2. The second-order valence-corrected chi connectivity index (χ2v) is 3.56. The Bertz CT molecular complexity index is 405. The van der Waals surface area contributed by atoms with Crippen LogP contribution in [0.3, 0.4) is 0 Å². The van der Waals surface area contributed by atoms with Gasteiger partial charge in [-0.1, -0.05) is 0 Å². The van der Waals surface area contributed by atoms with Gasteiger partial charge in [0.1, 0.15) is 0 Å². The van der Waals surface area contributed by atoms with Gasteiger partial charge in [0.15, 0.2) is 11.5 Å². The van der Waals surface area contributed by atoms with Gasteiger partial charge < -0.3 is 19.5 Å². The normalized spacial score (nSPS) is 12.5. The minimum Gasteiger partial charge on any atom is -0.454 e. The van der Waals surface area contributed by atoms with Crippen LogP contribution in [0.4, 0.5) is 5.69 Å². The third-order valence-corrected chi connectivity index (χ3v) is 2.33. The SMILES string of the molecule is CCOCCC(=O)Nc1ccc2c(c1)OCO2. The van der Waals surface area contributed by atoms with E-state index in [-0.39, 0.29) is 12.7 Å². The van der Waals surface area contributed by atoms with Gasteiger partial charge in [-0.25, -0.2) is 0 Å². The molecule has 5 heteroatoms. The van der Waals surface area contributed by atoms with E-state index in [9.17, 15) is 4.79 Å². The van der Waals surface area contributed by atoms with Crippen molar-refractivity contribution in [2.75, 3.05) is 25.3 Å². The van der Waals surface area contributed by atoms with Crippen LogP contribution in [0.2, 0.25) is 0 Å². The summed E-state index contributed by atoms with van der Waals surface area (Å²) < 4.78 is 15.5. The fourth-order valence-electron chi connectivity index (χ4n) is 1.51. The summed E-state index contributed by atoms with van der Waals surface area (Å²) in [5.41, 5.74) is 0.704. The molecule has 0 fully saturated rings. The van der Waals surface area contributed by atoms with Crippen molar-refractivity contribution in [1.82, 2.24) is 0 Å². The van der Waals surface area contributed by atoms with Crippen LogP contribution >= 0.6 is 0 Å². The first-order valence-corrected chi connectivity index (χ1v) is 5.57. The molecule has 1 aliphatic heterocycles. The predicted octanol–water partition coefficient (Wildman–Crippen LogP) is 1.78. The number of hydrogen-bond donors (Lipinski definition) is 1. The number of rotatable bonds is 5. The standard InChI is InChI=1S/C12H15NO4/c1-2-15-6-5-12(14)13-9-3-4-10-11(7-9)17-8-16-10/h3-4,7H,2,5-6,8H2,1H3,(H,13,14). The molecule has 0 atom stereocenters. The van der Waals surface area contributed by atoms with Gasteiger partial charge in [0.05, 0.1) is 13.0 Å². The minimum atomic E-state index is -0.0719. The van der Waals surface area contributed by atoms with Gasteiger partial charge in [-0.2, -0.15) is 0 Å². The monoisotopic (exact) mass is 237 g/mol. The number of amides is 1. The summed E-state index contributed by atoms with van der Waals surface area (Å²) >= 11 is 0. The Kier molecular flexibility index (Phi) is 3.82. The molecule has 1 aromatic carbocycles. The Labute approximate surface area is 99.7 Å². The van der Waals surface area contributed by atoms with Gasteiger partial charge in [-0.15, -0.1) is 0 Å². The van der Waals surface area contributed by atoms with Crippen LogP contribution in [0.25, 0.3) is 0 Å². The van der Waals surface area contributed by atoms with E-state index in [1.807, 2.05) is 6.92 Å². The molecule has 0 aliphatic carbocycles. The molecule has 5 nitrogen and oxygen atoms in total. The van der Waals surface area contributed by atoms with Crippen molar-refractivity contribution in [1.29, 1.82) is 0 Å². The average molecular weight is 237 g/mol.